The van der Waals surface area contributed by atoms with Gasteiger partial charge >= 0.3 is 0 Å². The molecule has 0 unspecified atom stereocenters. The molecule has 3 atom stereocenters. The van der Waals surface area contributed by atoms with Crippen LogP contribution >= 0.6 is 0 Å². The summed E-state index contributed by atoms with van der Waals surface area (Å²) in [5.41, 5.74) is 0.387. The Hall–Kier alpha value is -1.89. The Balaban J connectivity index is 2.52. The smallest absolute Gasteiger partial charge is 0.257 e. The molecule has 0 aromatic heterocycles. The fraction of sp³-hybridized carbons (Fsp3) is 0.632. The fourth-order valence-electron chi connectivity index (χ4n) is 3.48. The van der Waals surface area contributed by atoms with Crippen LogP contribution in [0.5, 0.6) is 5.75 Å². The molecule has 31 heavy (non-hydrogen) atoms. The van der Waals surface area contributed by atoms with E-state index in [9.17, 15) is 21.6 Å². The average Bonchev–Trinajstić information content (AvgIpc) is 2.65. The van der Waals surface area contributed by atoms with Crippen LogP contribution in [0, 0.1) is 5.92 Å². The highest BCUT2D eigenvalue weighted by atomic mass is 32.2. The lowest BCUT2D eigenvalue weighted by Crippen LogP contribution is -2.48. The van der Waals surface area contributed by atoms with Gasteiger partial charge < -0.3 is 14.4 Å². The first-order chi connectivity index (χ1) is 14.2. The van der Waals surface area contributed by atoms with Gasteiger partial charge in [0.25, 0.3) is 5.91 Å². The van der Waals surface area contributed by atoms with Crippen molar-refractivity contribution in [3.05, 3.63) is 23.8 Å². The Bertz CT molecular complexity index is 1010. The number of methoxy groups -OCH3 is 1. The van der Waals surface area contributed by atoms with Crippen LogP contribution in [0.25, 0.3) is 0 Å². The van der Waals surface area contributed by atoms with Crippen LogP contribution in [-0.2, 0) is 24.8 Å². The second kappa shape index (κ2) is 9.72. The van der Waals surface area contributed by atoms with Gasteiger partial charge in [-0.2, -0.15) is 4.31 Å². The Kier molecular flexibility index (Phi) is 7.95. The molecule has 176 valence electrons. The minimum atomic E-state index is -3.54. The molecular weight excluding hydrogens is 446 g/mol. The van der Waals surface area contributed by atoms with Gasteiger partial charge in [-0.15, -0.1) is 0 Å². The Morgan fingerprint density at radius 1 is 1.13 bits per heavy atom. The number of carbonyl (C=O) groups excluding carboxylic acids is 1. The van der Waals surface area contributed by atoms with Crippen LogP contribution in [0.1, 0.15) is 24.2 Å². The van der Waals surface area contributed by atoms with E-state index in [2.05, 4.69) is 4.72 Å². The van der Waals surface area contributed by atoms with Gasteiger partial charge in [-0.3, -0.25) is 9.52 Å². The monoisotopic (exact) mass is 477 g/mol. The quantitative estimate of drug-likeness (QED) is 0.681. The van der Waals surface area contributed by atoms with Crippen LogP contribution in [0.3, 0.4) is 0 Å². The van der Waals surface area contributed by atoms with Crippen molar-refractivity contribution < 1.29 is 31.1 Å². The van der Waals surface area contributed by atoms with Crippen molar-refractivity contribution in [2.24, 2.45) is 5.92 Å². The molecule has 0 saturated heterocycles. The first-order valence-electron chi connectivity index (χ1n) is 9.72. The minimum absolute atomic E-state index is 0.0142. The number of benzene rings is 1. The zero-order valence-electron chi connectivity index (χ0n) is 18.7. The van der Waals surface area contributed by atoms with Crippen molar-refractivity contribution in [2.75, 3.05) is 51.1 Å². The van der Waals surface area contributed by atoms with Crippen molar-refractivity contribution >= 4 is 31.6 Å². The molecule has 0 spiro atoms. The second-order valence-electron chi connectivity index (χ2n) is 8.01. The summed E-state index contributed by atoms with van der Waals surface area (Å²) < 4.78 is 63.1. The van der Waals surface area contributed by atoms with Gasteiger partial charge in [0.1, 0.15) is 12.4 Å². The number of ether oxygens (including phenoxy) is 2. The van der Waals surface area contributed by atoms with Gasteiger partial charge in [-0.1, -0.05) is 6.92 Å². The third-order valence-corrected chi connectivity index (χ3v) is 7.08. The van der Waals surface area contributed by atoms with E-state index in [-0.39, 0.29) is 48.5 Å². The van der Waals surface area contributed by atoms with E-state index in [1.807, 2.05) is 6.92 Å². The Morgan fingerprint density at radius 2 is 1.77 bits per heavy atom. The van der Waals surface area contributed by atoms with Crippen LogP contribution in [0.15, 0.2) is 18.2 Å². The van der Waals surface area contributed by atoms with Gasteiger partial charge in [-0.25, -0.2) is 16.8 Å². The van der Waals surface area contributed by atoms with Crippen molar-refractivity contribution in [1.29, 1.82) is 0 Å². The Morgan fingerprint density at radius 3 is 2.32 bits per heavy atom. The molecule has 1 heterocycles. The van der Waals surface area contributed by atoms with Crippen LogP contribution in [-0.4, -0.2) is 90.5 Å². The van der Waals surface area contributed by atoms with Crippen molar-refractivity contribution in [3.8, 4) is 5.75 Å². The van der Waals surface area contributed by atoms with Crippen molar-refractivity contribution in [2.45, 2.75) is 26.0 Å². The van der Waals surface area contributed by atoms with E-state index in [1.165, 1.54) is 34.5 Å². The molecule has 0 aliphatic carbocycles. The van der Waals surface area contributed by atoms with Gasteiger partial charge in [0, 0.05) is 32.9 Å². The topological polar surface area (TPSA) is 122 Å². The molecular formula is C19H31N3O7S2. The van der Waals surface area contributed by atoms with Crippen molar-refractivity contribution in [1.82, 2.24) is 9.21 Å². The normalized spacial score (nSPS) is 24.5. The number of hydrogen-bond donors (Lipinski definition) is 1. The summed E-state index contributed by atoms with van der Waals surface area (Å²) in [4.78, 5) is 14.6. The first-order valence-corrected chi connectivity index (χ1v) is 13.5. The number of carbonyl (C=O) groups is 1. The number of likely N-dealkylation sites (N-methyl/N-ethyl adjacent to an activating group) is 1. The SMILES string of the molecule is CO[C@@H]1CN(C)C(=O)c2cc(NS(C)(=O)=O)ccc2OC[C@@H](C)N(S(C)(=O)=O)C[C@@H]1C. The maximum Gasteiger partial charge on any atom is 0.257 e. The molecule has 0 radical (unpaired) electrons. The number of anilines is 1. The highest BCUT2D eigenvalue weighted by Gasteiger charge is 2.32. The van der Waals surface area contributed by atoms with E-state index >= 15 is 0 Å². The third-order valence-electron chi connectivity index (χ3n) is 5.12. The van der Waals surface area contributed by atoms with E-state index in [1.54, 1.807) is 14.0 Å². The number of hydrogen-bond acceptors (Lipinski definition) is 7. The standard InChI is InChI=1S/C19H31N3O7S2/c1-13-10-22(31(6,26)27)14(2)12-29-17-8-7-15(20-30(5,24)25)9-16(17)19(23)21(3)11-18(13)28-4/h7-9,13-14,18,20H,10-12H2,1-6H3/t13-,14+,18+/m0/s1. The summed E-state index contributed by atoms with van der Waals surface area (Å²) in [6.45, 7) is 4.04. The molecule has 1 aliphatic heterocycles. The average molecular weight is 478 g/mol. The number of nitrogens with one attached hydrogen (secondary N) is 1. The lowest BCUT2D eigenvalue weighted by molar-refractivity contribution is 0.0213. The molecule has 1 aromatic rings. The first kappa shape index (κ1) is 25.4. The zero-order valence-corrected chi connectivity index (χ0v) is 20.3. The van der Waals surface area contributed by atoms with E-state index < -0.39 is 32.2 Å². The van der Waals surface area contributed by atoms with Crippen LogP contribution in [0.4, 0.5) is 5.69 Å². The predicted octanol–water partition coefficient (Wildman–Crippen LogP) is 0.824. The molecule has 0 bridgehead atoms. The number of amides is 1. The van der Waals surface area contributed by atoms with Gasteiger partial charge in [-0.05, 0) is 31.0 Å². The summed E-state index contributed by atoms with van der Waals surface area (Å²) in [6.07, 6.45) is 1.76. The summed E-state index contributed by atoms with van der Waals surface area (Å²) in [5, 5.41) is 0. The highest BCUT2D eigenvalue weighted by Crippen LogP contribution is 2.27. The summed E-state index contributed by atoms with van der Waals surface area (Å²) in [7, 11) is -3.93. The predicted molar refractivity (Wildman–Crippen MR) is 118 cm³/mol. The van der Waals surface area contributed by atoms with Gasteiger partial charge in [0.2, 0.25) is 20.0 Å². The fourth-order valence-corrected chi connectivity index (χ4v) is 5.26. The number of sulfonamides is 2. The summed E-state index contributed by atoms with van der Waals surface area (Å²) >= 11 is 0. The number of fused-ring (bicyclic) bond motifs is 1. The Labute approximate surface area is 184 Å². The lowest BCUT2D eigenvalue weighted by Gasteiger charge is -2.34. The van der Waals surface area contributed by atoms with E-state index in [0.29, 0.717) is 0 Å². The second-order valence-corrected chi connectivity index (χ2v) is 11.7. The largest absolute Gasteiger partial charge is 0.491 e. The molecule has 1 amide bonds. The van der Waals surface area contributed by atoms with Crippen LogP contribution < -0.4 is 9.46 Å². The van der Waals surface area contributed by atoms with Crippen molar-refractivity contribution in [3.63, 3.8) is 0 Å². The molecule has 1 N–H and O–H groups in total. The lowest BCUT2D eigenvalue weighted by atomic mass is 10.0. The zero-order chi connectivity index (χ0) is 23.6. The molecule has 12 heteroatoms. The van der Waals surface area contributed by atoms with E-state index in [4.69, 9.17) is 9.47 Å². The number of rotatable bonds is 4. The molecule has 1 aromatic carbocycles. The highest BCUT2D eigenvalue weighted by molar-refractivity contribution is 7.92. The molecule has 10 nitrogen and oxygen atoms in total. The maximum absolute atomic E-state index is 13.2. The number of nitrogens with zero attached hydrogens (tertiary/aromatic N) is 2. The summed E-state index contributed by atoms with van der Waals surface area (Å²) in [6, 6.07) is 3.89. The molecule has 0 fully saturated rings. The molecule has 1 aliphatic rings. The van der Waals surface area contributed by atoms with Gasteiger partial charge in [0.05, 0.1) is 30.2 Å². The molecule has 2 rings (SSSR count). The van der Waals surface area contributed by atoms with E-state index in [0.717, 1.165) is 12.5 Å². The van der Waals surface area contributed by atoms with Crippen LogP contribution in [0.2, 0.25) is 0 Å². The third kappa shape index (κ3) is 6.79. The summed E-state index contributed by atoms with van der Waals surface area (Å²) in [5.74, 6) is -0.331. The minimum Gasteiger partial charge on any atom is -0.491 e. The maximum atomic E-state index is 13.2. The van der Waals surface area contributed by atoms with Gasteiger partial charge in [0.15, 0.2) is 0 Å². The molecule has 0 saturated carbocycles.